The van der Waals surface area contributed by atoms with E-state index in [2.05, 4.69) is 11.2 Å². The molecule has 0 bridgehead atoms. The smallest absolute Gasteiger partial charge is 0.249 e. The van der Waals surface area contributed by atoms with Crippen LogP contribution >= 0.6 is 0 Å². The average Bonchev–Trinajstić information content (AvgIpc) is 2.14. The van der Waals surface area contributed by atoms with Crippen LogP contribution in [0.25, 0.3) is 0 Å². The average molecular weight is 208 g/mol. The van der Waals surface area contributed by atoms with Crippen LogP contribution in [-0.2, 0) is 9.59 Å². The van der Waals surface area contributed by atoms with Crippen molar-refractivity contribution in [2.24, 2.45) is 0 Å². The third-order valence-electron chi connectivity index (χ3n) is 2.66. The SMILES string of the molecule is C#CC(C)N1C(=O)C(C)(C)NC(=O)C1C. The first kappa shape index (κ1) is 11.6. The van der Waals surface area contributed by atoms with Crippen LogP contribution in [0.4, 0.5) is 0 Å². The monoisotopic (exact) mass is 208 g/mol. The van der Waals surface area contributed by atoms with Gasteiger partial charge in [0.1, 0.15) is 11.6 Å². The molecule has 2 atom stereocenters. The molecule has 0 spiro atoms. The van der Waals surface area contributed by atoms with Crippen molar-refractivity contribution < 1.29 is 9.59 Å². The maximum absolute atomic E-state index is 12.0. The van der Waals surface area contributed by atoms with Crippen molar-refractivity contribution in [1.82, 2.24) is 10.2 Å². The summed E-state index contributed by atoms with van der Waals surface area (Å²) < 4.78 is 0. The molecule has 0 aliphatic carbocycles. The van der Waals surface area contributed by atoms with Crippen LogP contribution < -0.4 is 5.32 Å². The standard InChI is InChI=1S/C11H16N2O2/c1-6-7(2)13-8(3)9(14)12-11(4,5)10(13)15/h1,7-8H,2-5H3,(H,12,14). The van der Waals surface area contributed by atoms with Crippen LogP contribution in [-0.4, -0.2) is 34.3 Å². The first-order valence-electron chi connectivity index (χ1n) is 4.92. The molecule has 1 fully saturated rings. The first-order chi connectivity index (χ1) is 6.81. The quantitative estimate of drug-likeness (QED) is 0.623. The van der Waals surface area contributed by atoms with Crippen molar-refractivity contribution in [2.75, 3.05) is 0 Å². The van der Waals surface area contributed by atoms with Gasteiger partial charge in [0.25, 0.3) is 0 Å². The Labute approximate surface area is 90.0 Å². The number of hydrogen-bond donors (Lipinski definition) is 1. The molecule has 0 aromatic carbocycles. The Kier molecular flexibility index (Phi) is 2.76. The lowest BCUT2D eigenvalue weighted by Gasteiger charge is -2.43. The molecule has 0 saturated carbocycles. The van der Waals surface area contributed by atoms with E-state index in [0.717, 1.165) is 0 Å². The topological polar surface area (TPSA) is 49.4 Å². The lowest BCUT2D eigenvalue weighted by atomic mass is 9.96. The van der Waals surface area contributed by atoms with Gasteiger partial charge < -0.3 is 10.2 Å². The molecule has 1 rings (SSSR count). The van der Waals surface area contributed by atoms with E-state index in [1.807, 2.05) is 0 Å². The van der Waals surface area contributed by atoms with Gasteiger partial charge in [0.05, 0.1) is 6.04 Å². The zero-order valence-electron chi connectivity index (χ0n) is 9.50. The second kappa shape index (κ2) is 3.58. The number of piperazine rings is 1. The normalized spacial score (nSPS) is 26.9. The van der Waals surface area contributed by atoms with Gasteiger partial charge in [0, 0.05) is 0 Å². The number of amides is 2. The molecule has 4 heteroatoms. The van der Waals surface area contributed by atoms with Crippen molar-refractivity contribution in [1.29, 1.82) is 0 Å². The molecule has 0 radical (unpaired) electrons. The molecule has 1 aliphatic heterocycles. The summed E-state index contributed by atoms with van der Waals surface area (Å²) in [6.07, 6.45) is 5.29. The lowest BCUT2D eigenvalue weighted by Crippen LogP contribution is -2.68. The van der Waals surface area contributed by atoms with Crippen LogP contribution in [0.5, 0.6) is 0 Å². The van der Waals surface area contributed by atoms with Gasteiger partial charge in [0.15, 0.2) is 0 Å². The second-order valence-corrected chi connectivity index (χ2v) is 4.35. The molecule has 2 unspecified atom stereocenters. The van der Waals surface area contributed by atoms with Crippen LogP contribution in [0.2, 0.25) is 0 Å². The fourth-order valence-corrected chi connectivity index (χ4v) is 1.68. The summed E-state index contributed by atoms with van der Waals surface area (Å²) in [6, 6.07) is -0.866. The third kappa shape index (κ3) is 1.82. The highest BCUT2D eigenvalue weighted by Crippen LogP contribution is 2.19. The Morgan fingerprint density at radius 1 is 1.53 bits per heavy atom. The van der Waals surface area contributed by atoms with E-state index in [4.69, 9.17) is 6.42 Å². The van der Waals surface area contributed by atoms with E-state index in [1.54, 1.807) is 27.7 Å². The van der Waals surface area contributed by atoms with Crippen molar-refractivity contribution in [3.63, 3.8) is 0 Å². The summed E-state index contributed by atoms with van der Waals surface area (Å²) in [5.41, 5.74) is -0.866. The van der Waals surface area contributed by atoms with E-state index in [1.165, 1.54) is 4.90 Å². The summed E-state index contributed by atoms with van der Waals surface area (Å²) >= 11 is 0. The molecule has 82 valence electrons. The molecule has 4 nitrogen and oxygen atoms in total. The number of rotatable bonds is 1. The number of nitrogens with one attached hydrogen (secondary N) is 1. The summed E-state index contributed by atoms with van der Waals surface area (Å²) in [5.74, 6) is 2.17. The van der Waals surface area contributed by atoms with Crippen LogP contribution in [0.1, 0.15) is 27.7 Å². The molecular formula is C11H16N2O2. The Morgan fingerprint density at radius 2 is 2.07 bits per heavy atom. The van der Waals surface area contributed by atoms with E-state index < -0.39 is 11.6 Å². The van der Waals surface area contributed by atoms with Gasteiger partial charge in [-0.25, -0.2) is 0 Å². The Bertz CT molecular complexity index is 341. The summed E-state index contributed by atoms with van der Waals surface area (Å²) in [5, 5.41) is 2.67. The van der Waals surface area contributed by atoms with Crippen molar-refractivity contribution in [2.45, 2.75) is 45.3 Å². The Hall–Kier alpha value is -1.50. The van der Waals surface area contributed by atoms with Crippen molar-refractivity contribution >= 4 is 11.8 Å². The predicted molar refractivity (Wildman–Crippen MR) is 56.8 cm³/mol. The minimum Gasteiger partial charge on any atom is -0.340 e. The van der Waals surface area contributed by atoms with Crippen molar-refractivity contribution in [3.05, 3.63) is 0 Å². The van der Waals surface area contributed by atoms with Gasteiger partial charge >= 0.3 is 0 Å². The van der Waals surface area contributed by atoms with E-state index in [9.17, 15) is 9.59 Å². The maximum atomic E-state index is 12.0. The minimum atomic E-state index is -0.866. The molecule has 1 heterocycles. The maximum Gasteiger partial charge on any atom is 0.249 e. The fourth-order valence-electron chi connectivity index (χ4n) is 1.68. The molecule has 2 amide bonds. The molecule has 0 aromatic heterocycles. The summed E-state index contributed by atoms with van der Waals surface area (Å²) in [7, 11) is 0. The van der Waals surface area contributed by atoms with Crippen LogP contribution in [0.3, 0.4) is 0 Å². The Morgan fingerprint density at radius 3 is 2.53 bits per heavy atom. The van der Waals surface area contributed by atoms with E-state index in [-0.39, 0.29) is 17.9 Å². The highest BCUT2D eigenvalue weighted by atomic mass is 16.2. The van der Waals surface area contributed by atoms with Gasteiger partial charge in [-0.1, -0.05) is 5.92 Å². The molecule has 1 saturated heterocycles. The zero-order valence-corrected chi connectivity index (χ0v) is 9.50. The summed E-state index contributed by atoms with van der Waals surface area (Å²) in [4.78, 5) is 25.1. The third-order valence-corrected chi connectivity index (χ3v) is 2.66. The predicted octanol–water partition coefficient (Wildman–Crippen LogP) is 0.134. The number of carbonyl (C=O) groups is 2. The van der Waals surface area contributed by atoms with Gasteiger partial charge in [-0.2, -0.15) is 0 Å². The number of carbonyl (C=O) groups excluding carboxylic acids is 2. The van der Waals surface area contributed by atoms with Crippen LogP contribution in [0.15, 0.2) is 0 Å². The second-order valence-electron chi connectivity index (χ2n) is 4.35. The van der Waals surface area contributed by atoms with Gasteiger partial charge in [0.2, 0.25) is 11.8 Å². The molecule has 1 N–H and O–H groups in total. The molecular weight excluding hydrogens is 192 g/mol. The number of nitrogens with zero attached hydrogens (tertiary/aromatic N) is 1. The molecule has 0 aromatic rings. The van der Waals surface area contributed by atoms with Gasteiger partial charge in [-0.3, -0.25) is 9.59 Å². The first-order valence-corrected chi connectivity index (χ1v) is 4.92. The largest absolute Gasteiger partial charge is 0.340 e. The fraction of sp³-hybridized carbons (Fsp3) is 0.636. The summed E-state index contributed by atoms with van der Waals surface area (Å²) in [6.45, 7) is 6.77. The molecule has 15 heavy (non-hydrogen) atoms. The lowest BCUT2D eigenvalue weighted by molar-refractivity contribution is -0.153. The minimum absolute atomic E-state index is 0.139. The number of hydrogen-bond acceptors (Lipinski definition) is 2. The van der Waals surface area contributed by atoms with E-state index in [0.29, 0.717) is 0 Å². The van der Waals surface area contributed by atoms with Gasteiger partial charge in [-0.15, -0.1) is 6.42 Å². The highest BCUT2D eigenvalue weighted by molar-refractivity contribution is 5.99. The zero-order chi connectivity index (χ0) is 11.8. The van der Waals surface area contributed by atoms with Gasteiger partial charge in [-0.05, 0) is 27.7 Å². The van der Waals surface area contributed by atoms with Crippen LogP contribution in [0, 0.1) is 12.3 Å². The number of terminal acetylenes is 1. The van der Waals surface area contributed by atoms with E-state index >= 15 is 0 Å². The highest BCUT2D eigenvalue weighted by Gasteiger charge is 2.44. The molecule has 1 aliphatic rings. The van der Waals surface area contributed by atoms with Crippen molar-refractivity contribution in [3.8, 4) is 12.3 Å². The Balaban J connectivity index is 3.07.